The fraction of sp³-hybridized carbons (Fsp3) is 0.750. The van der Waals surface area contributed by atoms with Crippen LogP contribution in [-0.4, -0.2) is 23.0 Å². The molecule has 0 aromatic carbocycles. The highest BCUT2D eigenvalue weighted by molar-refractivity contribution is 7.15. The van der Waals surface area contributed by atoms with Gasteiger partial charge in [-0.3, -0.25) is 10.3 Å². The summed E-state index contributed by atoms with van der Waals surface area (Å²) in [5.74, 6) is 6.25. The van der Waals surface area contributed by atoms with Crippen LogP contribution in [0, 0.1) is 5.92 Å². The van der Waals surface area contributed by atoms with Gasteiger partial charge in [0.05, 0.1) is 0 Å². The Kier molecular flexibility index (Phi) is 4.36. The zero-order chi connectivity index (χ0) is 12.3. The van der Waals surface area contributed by atoms with Crippen LogP contribution in [-0.2, 0) is 6.54 Å². The molecule has 0 spiro atoms. The Morgan fingerprint density at radius 1 is 1.47 bits per heavy atom. The van der Waals surface area contributed by atoms with Gasteiger partial charge in [0.2, 0.25) is 0 Å². The van der Waals surface area contributed by atoms with Gasteiger partial charge >= 0.3 is 0 Å². The summed E-state index contributed by atoms with van der Waals surface area (Å²) in [7, 11) is 2.22. The summed E-state index contributed by atoms with van der Waals surface area (Å²) >= 11 is 1.64. The lowest BCUT2D eigenvalue weighted by Crippen LogP contribution is -2.34. The molecular formula is C12H22N4S. The summed E-state index contributed by atoms with van der Waals surface area (Å²) < 4.78 is 0. The van der Waals surface area contributed by atoms with E-state index in [1.54, 1.807) is 11.3 Å². The largest absolute Gasteiger partial charge is 0.300 e. The van der Waals surface area contributed by atoms with Gasteiger partial charge in [0.15, 0.2) is 5.13 Å². The Labute approximate surface area is 107 Å². The number of aromatic nitrogens is 1. The van der Waals surface area contributed by atoms with Crippen LogP contribution in [0.3, 0.4) is 0 Å². The summed E-state index contributed by atoms with van der Waals surface area (Å²) in [6, 6.07) is 0.739. The van der Waals surface area contributed by atoms with Crippen LogP contribution in [0.4, 0.5) is 5.13 Å². The molecule has 1 aromatic heterocycles. The van der Waals surface area contributed by atoms with Crippen molar-refractivity contribution in [1.82, 2.24) is 9.88 Å². The average molecular weight is 254 g/mol. The van der Waals surface area contributed by atoms with Crippen molar-refractivity contribution in [3.8, 4) is 0 Å². The van der Waals surface area contributed by atoms with Crippen LogP contribution in [0.25, 0.3) is 0 Å². The fourth-order valence-electron chi connectivity index (χ4n) is 2.51. The smallest absolute Gasteiger partial charge is 0.197 e. The minimum atomic E-state index is 0.739. The number of nitrogens with one attached hydrogen (secondary N) is 1. The van der Waals surface area contributed by atoms with E-state index in [4.69, 9.17) is 5.84 Å². The van der Waals surface area contributed by atoms with E-state index in [0.29, 0.717) is 0 Å². The second-order valence-electron chi connectivity index (χ2n) is 5.10. The first-order chi connectivity index (χ1) is 8.19. The number of nitrogens with two attached hydrogens (primary N) is 1. The maximum atomic E-state index is 5.34. The average Bonchev–Trinajstić information content (AvgIpc) is 2.77. The first kappa shape index (κ1) is 12.8. The van der Waals surface area contributed by atoms with E-state index >= 15 is 0 Å². The van der Waals surface area contributed by atoms with Gasteiger partial charge < -0.3 is 0 Å². The Balaban J connectivity index is 1.85. The van der Waals surface area contributed by atoms with Gasteiger partial charge in [-0.2, -0.15) is 0 Å². The molecule has 1 fully saturated rings. The minimum absolute atomic E-state index is 0.739. The highest BCUT2D eigenvalue weighted by Crippen LogP contribution is 2.28. The molecule has 96 valence electrons. The summed E-state index contributed by atoms with van der Waals surface area (Å²) in [4.78, 5) is 7.94. The lowest BCUT2D eigenvalue weighted by atomic mass is 9.87. The quantitative estimate of drug-likeness (QED) is 0.640. The standard InChI is InChI=1S/C12H22N4S/c1-9-3-5-10(6-4-9)16(2)8-11-7-14-12(15-13)17-11/h7,9-10H,3-6,8,13H2,1-2H3,(H,14,15). The molecule has 0 saturated heterocycles. The molecule has 1 aromatic rings. The highest BCUT2D eigenvalue weighted by atomic mass is 32.1. The molecule has 2 rings (SSSR count). The first-order valence-corrected chi connectivity index (χ1v) is 7.12. The number of thiazole rings is 1. The summed E-state index contributed by atoms with van der Waals surface area (Å²) in [6.45, 7) is 3.34. The summed E-state index contributed by atoms with van der Waals surface area (Å²) in [6.07, 6.45) is 7.32. The van der Waals surface area contributed by atoms with E-state index in [0.717, 1.165) is 23.6 Å². The number of hydrogen-bond donors (Lipinski definition) is 2. The minimum Gasteiger partial charge on any atom is -0.300 e. The van der Waals surface area contributed by atoms with Crippen molar-refractivity contribution in [2.75, 3.05) is 12.5 Å². The highest BCUT2D eigenvalue weighted by Gasteiger charge is 2.21. The van der Waals surface area contributed by atoms with E-state index in [2.05, 4.69) is 29.3 Å². The molecule has 1 aliphatic carbocycles. The number of nitrogens with zero attached hydrogens (tertiary/aromatic N) is 2. The van der Waals surface area contributed by atoms with Gasteiger partial charge in [0.25, 0.3) is 0 Å². The topological polar surface area (TPSA) is 54.2 Å². The van der Waals surface area contributed by atoms with Crippen molar-refractivity contribution in [3.63, 3.8) is 0 Å². The molecule has 5 heteroatoms. The molecule has 3 N–H and O–H groups in total. The van der Waals surface area contributed by atoms with Crippen LogP contribution in [0.15, 0.2) is 6.20 Å². The second kappa shape index (κ2) is 5.80. The molecule has 1 aliphatic rings. The summed E-state index contributed by atoms with van der Waals surface area (Å²) in [5, 5.41) is 0.797. The Morgan fingerprint density at radius 2 is 2.18 bits per heavy atom. The zero-order valence-electron chi connectivity index (χ0n) is 10.6. The zero-order valence-corrected chi connectivity index (χ0v) is 11.5. The molecule has 4 nitrogen and oxygen atoms in total. The number of anilines is 1. The summed E-state index contributed by atoms with van der Waals surface area (Å²) in [5.41, 5.74) is 2.59. The SMILES string of the molecule is CC1CCC(N(C)Cc2cnc(NN)s2)CC1. The normalized spacial score (nSPS) is 25.2. The second-order valence-corrected chi connectivity index (χ2v) is 6.22. The molecule has 0 bridgehead atoms. The van der Waals surface area contributed by atoms with Gasteiger partial charge in [-0.25, -0.2) is 10.8 Å². The van der Waals surface area contributed by atoms with Crippen molar-refractivity contribution in [1.29, 1.82) is 0 Å². The van der Waals surface area contributed by atoms with E-state index in [1.165, 1.54) is 30.6 Å². The molecule has 0 atom stereocenters. The Morgan fingerprint density at radius 3 is 2.76 bits per heavy atom. The van der Waals surface area contributed by atoms with E-state index in [-0.39, 0.29) is 0 Å². The van der Waals surface area contributed by atoms with Crippen LogP contribution in [0.5, 0.6) is 0 Å². The lowest BCUT2D eigenvalue weighted by molar-refractivity contribution is 0.165. The van der Waals surface area contributed by atoms with E-state index in [9.17, 15) is 0 Å². The van der Waals surface area contributed by atoms with Crippen molar-refractivity contribution in [2.24, 2.45) is 11.8 Å². The molecule has 1 saturated carbocycles. The Hall–Kier alpha value is -0.650. The predicted molar refractivity (Wildman–Crippen MR) is 72.8 cm³/mol. The van der Waals surface area contributed by atoms with Gasteiger partial charge in [0, 0.05) is 23.7 Å². The molecule has 0 amide bonds. The monoisotopic (exact) mass is 254 g/mol. The van der Waals surface area contributed by atoms with Gasteiger partial charge in [-0.05, 0) is 38.6 Å². The van der Waals surface area contributed by atoms with Crippen molar-refractivity contribution >= 4 is 16.5 Å². The maximum absolute atomic E-state index is 5.34. The third-order valence-corrected chi connectivity index (χ3v) is 4.60. The van der Waals surface area contributed by atoms with Crippen molar-refractivity contribution in [2.45, 2.75) is 45.2 Å². The van der Waals surface area contributed by atoms with E-state index in [1.807, 2.05) is 6.20 Å². The van der Waals surface area contributed by atoms with Crippen LogP contribution in [0.2, 0.25) is 0 Å². The first-order valence-electron chi connectivity index (χ1n) is 6.30. The van der Waals surface area contributed by atoms with Crippen LogP contribution >= 0.6 is 11.3 Å². The molecule has 0 aliphatic heterocycles. The molecule has 0 unspecified atom stereocenters. The van der Waals surface area contributed by atoms with E-state index < -0.39 is 0 Å². The fourth-order valence-corrected chi connectivity index (χ4v) is 3.29. The molecular weight excluding hydrogens is 232 g/mol. The van der Waals surface area contributed by atoms with Gasteiger partial charge in [0.1, 0.15) is 0 Å². The lowest BCUT2D eigenvalue weighted by Gasteiger charge is -2.33. The predicted octanol–water partition coefficient (Wildman–Crippen LogP) is 2.44. The third kappa shape index (κ3) is 3.40. The van der Waals surface area contributed by atoms with Crippen molar-refractivity contribution < 1.29 is 0 Å². The maximum Gasteiger partial charge on any atom is 0.197 e. The molecule has 17 heavy (non-hydrogen) atoms. The van der Waals surface area contributed by atoms with Crippen molar-refractivity contribution in [3.05, 3.63) is 11.1 Å². The van der Waals surface area contributed by atoms with Gasteiger partial charge in [-0.1, -0.05) is 18.3 Å². The number of hydrogen-bond acceptors (Lipinski definition) is 5. The number of hydrazine groups is 1. The number of nitrogen functional groups attached to an aromatic ring is 1. The Bertz CT molecular complexity index is 344. The van der Waals surface area contributed by atoms with Crippen LogP contribution in [0.1, 0.15) is 37.5 Å². The third-order valence-electron chi connectivity index (χ3n) is 3.69. The van der Waals surface area contributed by atoms with Crippen LogP contribution < -0.4 is 11.3 Å². The van der Waals surface area contributed by atoms with Gasteiger partial charge in [-0.15, -0.1) is 0 Å². The molecule has 0 radical (unpaired) electrons. The number of rotatable bonds is 4. The molecule has 1 heterocycles.